The van der Waals surface area contributed by atoms with Gasteiger partial charge in [-0.3, -0.25) is 4.79 Å². The monoisotopic (exact) mass is 282 g/mol. The lowest BCUT2D eigenvalue weighted by molar-refractivity contribution is 0.0954. The van der Waals surface area contributed by atoms with E-state index < -0.39 is 0 Å². The number of aryl methyl sites for hydroxylation is 1. The number of phenolic OH excluding ortho intramolecular Hbond substituents is 1. The minimum Gasteiger partial charge on any atom is -0.508 e. The lowest BCUT2D eigenvalue weighted by Crippen LogP contribution is -2.19. The van der Waals surface area contributed by atoms with Crippen molar-refractivity contribution < 1.29 is 9.90 Å². The molecule has 2 aromatic carbocycles. The van der Waals surface area contributed by atoms with Crippen molar-refractivity contribution in [3.63, 3.8) is 0 Å². The maximum atomic E-state index is 11.8. The van der Waals surface area contributed by atoms with E-state index in [0.717, 1.165) is 24.1 Å². The summed E-state index contributed by atoms with van der Waals surface area (Å²) < 4.78 is 0. The number of hydrazone groups is 1. The van der Waals surface area contributed by atoms with Crippen molar-refractivity contribution in [1.82, 2.24) is 5.43 Å². The van der Waals surface area contributed by atoms with Crippen LogP contribution in [0.15, 0.2) is 59.7 Å². The molecule has 4 heteroatoms. The summed E-state index contributed by atoms with van der Waals surface area (Å²) >= 11 is 0. The number of hydrogen-bond donors (Lipinski definition) is 2. The number of nitrogens with one attached hydrogen (secondary N) is 1. The second-order valence-electron chi connectivity index (χ2n) is 4.82. The Kier molecular flexibility index (Phi) is 5.10. The van der Waals surface area contributed by atoms with Crippen LogP contribution in [-0.2, 0) is 6.42 Å². The Bertz CT molecular complexity index is 619. The third kappa shape index (κ3) is 4.76. The average molecular weight is 282 g/mol. The zero-order valence-corrected chi connectivity index (χ0v) is 11.9. The molecule has 2 aromatic rings. The van der Waals surface area contributed by atoms with E-state index in [4.69, 9.17) is 0 Å². The normalized spacial score (nSPS) is 11.2. The molecule has 0 fully saturated rings. The molecule has 21 heavy (non-hydrogen) atoms. The zero-order chi connectivity index (χ0) is 15.1. The molecule has 108 valence electrons. The highest BCUT2D eigenvalue weighted by molar-refractivity contribution is 5.95. The Morgan fingerprint density at radius 3 is 2.43 bits per heavy atom. The van der Waals surface area contributed by atoms with Crippen molar-refractivity contribution in [2.24, 2.45) is 5.10 Å². The van der Waals surface area contributed by atoms with Gasteiger partial charge in [-0.25, -0.2) is 5.43 Å². The first-order valence-electron chi connectivity index (χ1n) is 6.81. The summed E-state index contributed by atoms with van der Waals surface area (Å²) in [7, 11) is 0. The van der Waals surface area contributed by atoms with E-state index in [1.807, 2.05) is 37.3 Å². The SMILES string of the molecule is C/C(CCc1ccc(O)cc1)=N/NC(=O)c1ccccc1. The van der Waals surface area contributed by atoms with Crippen molar-refractivity contribution in [2.45, 2.75) is 19.8 Å². The number of nitrogens with zero attached hydrogens (tertiary/aromatic N) is 1. The highest BCUT2D eigenvalue weighted by atomic mass is 16.3. The molecule has 0 aromatic heterocycles. The minimum atomic E-state index is -0.209. The highest BCUT2D eigenvalue weighted by Gasteiger charge is 2.03. The molecule has 2 N–H and O–H groups in total. The number of benzene rings is 2. The van der Waals surface area contributed by atoms with Crippen molar-refractivity contribution in [1.29, 1.82) is 0 Å². The van der Waals surface area contributed by atoms with E-state index in [-0.39, 0.29) is 11.7 Å². The molecule has 0 saturated heterocycles. The van der Waals surface area contributed by atoms with Crippen LogP contribution < -0.4 is 5.43 Å². The van der Waals surface area contributed by atoms with Gasteiger partial charge in [-0.1, -0.05) is 30.3 Å². The van der Waals surface area contributed by atoms with Crippen molar-refractivity contribution in [3.8, 4) is 5.75 Å². The van der Waals surface area contributed by atoms with Crippen LogP contribution >= 0.6 is 0 Å². The molecule has 0 unspecified atom stereocenters. The highest BCUT2D eigenvalue weighted by Crippen LogP contribution is 2.11. The third-order valence-electron chi connectivity index (χ3n) is 3.10. The van der Waals surface area contributed by atoms with Crippen LogP contribution in [0, 0.1) is 0 Å². The lowest BCUT2D eigenvalue weighted by Gasteiger charge is -2.03. The van der Waals surface area contributed by atoms with Crippen LogP contribution in [0.2, 0.25) is 0 Å². The van der Waals surface area contributed by atoms with Gasteiger partial charge in [0.2, 0.25) is 0 Å². The topological polar surface area (TPSA) is 61.7 Å². The second kappa shape index (κ2) is 7.24. The molecule has 2 rings (SSSR count). The summed E-state index contributed by atoms with van der Waals surface area (Å²) in [6.07, 6.45) is 1.57. The van der Waals surface area contributed by atoms with Gasteiger partial charge in [-0.2, -0.15) is 5.10 Å². The second-order valence-corrected chi connectivity index (χ2v) is 4.82. The predicted molar refractivity (Wildman–Crippen MR) is 83.4 cm³/mol. The predicted octanol–water partition coefficient (Wildman–Crippen LogP) is 3.13. The molecule has 0 aliphatic rings. The maximum Gasteiger partial charge on any atom is 0.271 e. The molecular formula is C17H18N2O2. The Hall–Kier alpha value is -2.62. The van der Waals surface area contributed by atoms with Gasteiger partial charge in [-0.15, -0.1) is 0 Å². The molecule has 0 radical (unpaired) electrons. The number of carbonyl (C=O) groups is 1. The third-order valence-corrected chi connectivity index (χ3v) is 3.10. The van der Waals surface area contributed by atoms with Crippen LogP contribution in [0.25, 0.3) is 0 Å². The zero-order valence-electron chi connectivity index (χ0n) is 11.9. The number of aromatic hydroxyl groups is 1. The first-order valence-corrected chi connectivity index (χ1v) is 6.81. The molecule has 0 aliphatic heterocycles. The van der Waals surface area contributed by atoms with Crippen LogP contribution in [0.3, 0.4) is 0 Å². The van der Waals surface area contributed by atoms with Gasteiger partial charge in [0.1, 0.15) is 5.75 Å². The Balaban J connectivity index is 1.84. The summed E-state index contributed by atoms with van der Waals surface area (Å²) in [6.45, 7) is 1.88. The molecule has 0 bridgehead atoms. The van der Waals surface area contributed by atoms with Gasteiger partial charge in [0.05, 0.1) is 0 Å². The molecule has 0 aliphatic carbocycles. The van der Waals surface area contributed by atoms with Crippen LogP contribution in [-0.4, -0.2) is 16.7 Å². The molecular weight excluding hydrogens is 264 g/mol. The number of phenols is 1. The summed E-state index contributed by atoms with van der Waals surface area (Å²) in [6, 6.07) is 16.1. The summed E-state index contributed by atoms with van der Waals surface area (Å²) in [5, 5.41) is 13.3. The summed E-state index contributed by atoms with van der Waals surface area (Å²) in [5.74, 6) is 0.0545. The fraction of sp³-hybridized carbons (Fsp3) is 0.176. The molecule has 0 atom stereocenters. The maximum absolute atomic E-state index is 11.8. The standard InChI is InChI=1S/C17H18N2O2/c1-13(7-8-14-9-11-16(20)12-10-14)18-19-17(21)15-5-3-2-4-6-15/h2-6,9-12,20H,7-8H2,1H3,(H,19,21)/b18-13-. The quantitative estimate of drug-likeness (QED) is 0.653. The van der Waals surface area contributed by atoms with E-state index >= 15 is 0 Å². The molecule has 0 saturated carbocycles. The van der Waals surface area contributed by atoms with Crippen molar-refractivity contribution in [3.05, 3.63) is 65.7 Å². The van der Waals surface area contributed by atoms with Gasteiger partial charge in [0.25, 0.3) is 5.91 Å². The van der Waals surface area contributed by atoms with Gasteiger partial charge in [-0.05, 0) is 49.6 Å². The Morgan fingerprint density at radius 2 is 1.76 bits per heavy atom. The number of hydrogen-bond acceptors (Lipinski definition) is 3. The van der Waals surface area contributed by atoms with Crippen molar-refractivity contribution >= 4 is 11.6 Å². The number of amides is 1. The summed E-state index contributed by atoms with van der Waals surface area (Å²) in [4.78, 5) is 11.8. The van der Waals surface area contributed by atoms with Gasteiger partial charge in [0.15, 0.2) is 0 Å². The van der Waals surface area contributed by atoms with Gasteiger partial charge in [0, 0.05) is 11.3 Å². The van der Waals surface area contributed by atoms with E-state index in [0.29, 0.717) is 5.56 Å². The summed E-state index contributed by atoms with van der Waals surface area (Å²) in [5.41, 5.74) is 5.12. The van der Waals surface area contributed by atoms with Gasteiger partial charge >= 0.3 is 0 Å². The van der Waals surface area contributed by atoms with Gasteiger partial charge < -0.3 is 5.11 Å². The smallest absolute Gasteiger partial charge is 0.271 e. The molecule has 4 nitrogen and oxygen atoms in total. The Labute approximate surface area is 124 Å². The van der Waals surface area contributed by atoms with E-state index in [2.05, 4.69) is 10.5 Å². The van der Waals surface area contributed by atoms with E-state index in [9.17, 15) is 9.90 Å². The molecule has 0 spiro atoms. The first kappa shape index (κ1) is 14.8. The van der Waals surface area contributed by atoms with Crippen molar-refractivity contribution in [2.75, 3.05) is 0 Å². The Morgan fingerprint density at radius 1 is 1.10 bits per heavy atom. The van der Waals surface area contributed by atoms with E-state index in [1.165, 1.54) is 0 Å². The largest absolute Gasteiger partial charge is 0.508 e. The molecule has 1 amide bonds. The average Bonchev–Trinajstić information content (AvgIpc) is 2.53. The van der Waals surface area contributed by atoms with Crippen LogP contribution in [0.4, 0.5) is 0 Å². The van der Waals surface area contributed by atoms with E-state index in [1.54, 1.807) is 24.3 Å². The fourth-order valence-corrected chi connectivity index (χ4v) is 1.84. The van der Waals surface area contributed by atoms with Crippen LogP contribution in [0.1, 0.15) is 29.3 Å². The lowest BCUT2D eigenvalue weighted by atomic mass is 10.1. The first-order chi connectivity index (χ1) is 10.1. The molecule has 0 heterocycles. The van der Waals surface area contributed by atoms with Crippen LogP contribution in [0.5, 0.6) is 5.75 Å². The minimum absolute atomic E-state index is 0.209. The fourth-order valence-electron chi connectivity index (χ4n) is 1.84. The number of rotatable bonds is 5. The number of carbonyl (C=O) groups excluding carboxylic acids is 1.